The number of halogens is 1. The number of anilines is 2. The van der Waals surface area contributed by atoms with Crippen LogP contribution in [0.1, 0.15) is 6.42 Å². The second kappa shape index (κ2) is 5.94. The van der Waals surface area contributed by atoms with Gasteiger partial charge in [0.05, 0.1) is 23.9 Å². The fourth-order valence-electron chi connectivity index (χ4n) is 2.31. The highest BCUT2D eigenvalue weighted by Gasteiger charge is 2.20. The van der Waals surface area contributed by atoms with Gasteiger partial charge in [0.25, 0.3) is 0 Å². The van der Waals surface area contributed by atoms with Crippen molar-refractivity contribution < 1.29 is 9.47 Å². The molecule has 4 nitrogen and oxygen atoms in total. The molecule has 106 valence electrons. The van der Waals surface area contributed by atoms with Gasteiger partial charge in [0.1, 0.15) is 11.5 Å². The maximum absolute atomic E-state index is 8.91. The zero-order valence-corrected chi connectivity index (χ0v) is 12.0. The van der Waals surface area contributed by atoms with E-state index in [4.69, 9.17) is 26.3 Å². The molecule has 0 aromatic heterocycles. The first-order valence-electron chi connectivity index (χ1n) is 6.58. The Morgan fingerprint density at radius 2 is 1.86 bits per heavy atom. The summed E-state index contributed by atoms with van der Waals surface area (Å²) in [5.74, 6) is 1.41. The van der Waals surface area contributed by atoms with Crippen molar-refractivity contribution in [1.29, 1.82) is 5.26 Å². The monoisotopic (exact) mass is 300 g/mol. The Labute approximate surface area is 128 Å². The summed E-state index contributed by atoms with van der Waals surface area (Å²) in [6.07, 6.45) is 0.389. The quantitative estimate of drug-likeness (QED) is 0.837. The number of nitrogens with zero attached hydrogens (tertiary/aromatic N) is 2. The molecule has 2 aromatic carbocycles. The van der Waals surface area contributed by atoms with Crippen molar-refractivity contribution in [1.82, 2.24) is 0 Å². The highest BCUT2D eigenvalue weighted by molar-refractivity contribution is 6.31. The average Bonchev–Trinajstić information content (AvgIpc) is 2.49. The number of nitriles is 1. The summed E-state index contributed by atoms with van der Waals surface area (Å²) in [7, 11) is 0. The van der Waals surface area contributed by atoms with Crippen LogP contribution >= 0.6 is 11.6 Å². The van der Waals surface area contributed by atoms with Crippen molar-refractivity contribution >= 4 is 23.0 Å². The van der Waals surface area contributed by atoms with Crippen LogP contribution in [0.15, 0.2) is 42.5 Å². The summed E-state index contributed by atoms with van der Waals surface area (Å²) >= 11 is 6.12. The Morgan fingerprint density at radius 3 is 2.67 bits per heavy atom. The summed E-state index contributed by atoms with van der Waals surface area (Å²) in [5.41, 5.74) is 1.74. The maximum Gasteiger partial charge on any atom is 0.231 e. The van der Waals surface area contributed by atoms with E-state index < -0.39 is 0 Å². The Hall–Kier alpha value is -2.38. The lowest BCUT2D eigenvalue weighted by molar-refractivity contribution is 0.119. The predicted octanol–water partition coefficient (Wildman–Crippen LogP) is 4.12. The topological polar surface area (TPSA) is 45.5 Å². The van der Waals surface area contributed by atoms with Gasteiger partial charge in [0.15, 0.2) is 0 Å². The lowest BCUT2D eigenvalue weighted by Crippen LogP contribution is -2.23. The van der Waals surface area contributed by atoms with Crippen LogP contribution in [0.2, 0.25) is 5.02 Å². The van der Waals surface area contributed by atoms with Gasteiger partial charge in [-0.15, -0.1) is 0 Å². The van der Waals surface area contributed by atoms with Gasteiger partial charge in [-0.1, -0.05) is 23.7 Å². The molecule has 0 spiro atoms. The van der Waals surface area contributed by atoms with E-state index in [0.29, 0.717) is 23.7 Å². The highest BCUT2D eigenvalue weighted by atomic mass is 35.5. The van der Waals surface area contributed by atoms with Crippen molar-refractivity contribution in [3.8, 4) is 17.6 Å². The fraction of sp³-hybridized carbons (Fsp3) is 0.188. The van der Waals surface area contributed by atoms with E-state index in [1.165, 1.54) is 0 Å². The van der Waals surface area contributed by atoms with E-state index in [0.717, 1.165) is 17.1 Å². The number of hydrogen-bond acceptors (Lipinski definition) is 4. The van der Waals surface area contributed by atoms with Crippen molar-refractivity contribution in [3.05, 3.63) is 47.5 Å². The van der Waals surface area contributed by atoms with Gasteiger partial charge in [0.2, 0.25) is 6.79 Å². The van der Waals surface area contributed by atoms with Crippen LogP contribution in [0.4, 0.5) is 11.4 Å². The Kier molecular flexibility index (Phi) is 3.85. The van der Waals surface area contributed by atoms with E-state index in [9.17, 15) is 0 Å². The van der Waals surface area contributed by atoms with E-state index in [1.807, 2.05) is 41.3 Å². The molecule has 0 N–H and O–H groups in total. The predicted molar refractivity (Wildman–Crippen MR) is 81.3 cm³/mol. The van der Waals surface area contributed by atoms with Gasteiger partial charge >= 0.3 is 0 Å². The zero-order chi connectivity index (χ0) is 14.7. The molecule has 0 radical (unpaired) electrons. The minimum Gasteiger partial charge on any atom is -0.455 e. The smallest absolute Gasteiger partial charge is 0.231 e. The number of rotatable bonds is 2. The molecular formula is C16H13ClN2O2. The minimum atomic E-state index is 0.137. The molecule has 0 aliphatic carbocycles. The lowest BCUT2D eigenvalue weighted by Gasteiger charge is -2.30. The van der Waals surface area contributed by atoms with Gasteiger partial charge in [-0.2, -0.15) is 5.26 Å². The second-order valence-corrected chi connectivity index (χ2v) is 4.98. The standard InChI is InChI=1S/C16H13ClN2O2/c17-12-6-7-16-14(10-12)19(9-3-8-18)13-4-1-2-5-15(13)20-11-21-16/h1-2,4-7,10H,3,9,11H2. The third-order valence-corrected chi connectivity index (χ3v) is 3.48. The van der Waals surface area contributed by atoms with Crippen LogP contribution in [-0.2, 0) is 0 Å². The molecule has 21 heavy (non-hydrogen) atoms. The number of para-hydroxylation sites is 2. The summed E-state index contributed by atoms with van der Waals surface area (Å²) in [6.45, 7) is 0.672. The van der Waals surface area contributed by atoms with E-state index in [1.54, 1.807) is 6.07 Å². The molecule has 5 heteroatoms. The van der Waals surface area contributed by atoms with E-state index >= 15 is 0 Å². The van der Waals surface area contributed by atoms with Gasteiger partial charge in [-0.3, -0.25) is 0 Å². The van der Waals surface area contributed by atoms with Gasteiger partial charge in [-0.25, -0.2) is 0 Å². The molecule has 2 aromatic rings. The van der Waals surface area contributed by atoms with Crippen LogP contribution < -0.4 is 14.4 Å². The molecule has 0 bridgehead atoms. The third kappa shape index (κ3) is 2.74. The van der Waals surface area contributed by atoms with Crippen LogP contribution in [0, 0.1) is 11.3 Å². The van der Waals surface area contributed by atoms with Gasteiger partial charge in [0, 0.05) is 11.6 Å². The largest absolute Gasteiger partial charge is 0.455 e. The molecule has 0 atom stereocenters. The molecule has 0 saturated carbocycles. The molecule has 1 heterocycles. The van der Waals surface area contributed by atoms with Crippen LogP contribution in [0.5, 0.6) is 11.5 Å². The summed E-state index contributed by atoms with van der Waals surface area (Å²) in [5, 5.41) is 9.53. The minimum absolute atomic E-state index is 0.137. The van der Waals surface area contributed by atoms with Crippen molar-refractivity contribution in [2.45, 2.75) is 6.42 Å². The Balaban J connectivity index is 2.14. The van der Waals surface area contributed by atoms with E-state index in [2.05, 4.69) is 6.07 Å². The lowest BCUT2D eigenvalue weighted by atomic mass is 10.2. The van der Waals surface area contributed by atoms with Gasteiger partial charge in [-0.05, 0) is 30.3 Å². The van der Waals surface area contributed by atoms with Crippen molar-refractivity contribution in [3.63, 3.8) is 0 Å². The molecule has 0 saturated heterocycles. The first kappa shape index (κ1) is 13.6. The molecule has 1 aliphatic heterocycles. The fourth-order valence-corrected chi connectivity index (χ4v) is 2.48. The maximum atomic E-state index is 8.91. The number of ether oxygens (including phenoxy) is 2. The summed E-state index contributed by atoms with van der Waals surface area (Å²) in [6, 6.07) is 15.3. The molecule has 0 fully saturated rings. The molecular weight excluding hydrogens is 288 g/mol. The Bertz CT molecular complexity index is 697. The summed E-state index contributed by atoms with van der Waals surface area (Å²) in [4.78, 5) is 2.00. The summed E-state index contributed by atoms with van der Waals surface area (Å²) < 4.78 is 11.3. The molecule has 1 aliphatic rings. The second-order valence-electron chi connectivity index (χ2n) is 4.55. The van der Waals surface area contributed by atoms with Crippen LogP contribution in [-0.4, -0.2) is 13.3 Å². The Morgan fingerprint density at radius 1 is 1.10 bits per heavy atom. The van der Waals surface area contributed by atoms with Crippen LogP contribution in [0.3, 0.4) is 0 Å². The third-order valence-electron chi connectivity index (χ3n) is 3.24. The molecule has 0 amide bonds. The molecule has 3 rings (SSSR count). The number of benzene rings is 2. The van der Waals surface area contributed by atoms with Crippen molar-refractivity contribution in [2.24, 2.45) is 0 Å². The normalized spacial score (nSPS) is 12.9. The first-order chi connectivity index (χ1) is 10.3. The number of fused-ring (bicyclic) bond motifs is 2. The number of hydrogen-bond donors (Lipinski definition) is 0. The highest BCUT2D eigenvalue weighted by Crippen LogP contribution is 2.41. The first-order valence-corrected chi connectivity index (χ1v) is 6.96. The van der Waals surface area contributed by atoms with Gasteiger partial charge < -0.3 is 14.4 Å². The van der Waals surface area contributed by atoms with E-state index in [-0.39, 0.29) is 6.79 Å². The van der Waals surface area contributed by atoms with Crippen LogP contribution in [0.25, 0.3) is 0 Å². The van der Waals surface area contributed by atoms with Crippen molar-refractivity contribution in [2.75, 3.05) is 18.2 Å². The SMILES string of the molecule is N#CCCN1c2ccccc2OCOc2ccc(Cl)cc21. The zero-order valence-electron chi connectivity index (χ0n) is 11.3. The average molecular weight is 301 g/mol. The molecule has 0 unspecified atom stereocenters.